The first-order chi connectivity index (χ1) is 7.20. The molecule has 0 radical (unpaired) electrons. The van der Waals surface area contributed by atoms with Crippen LogP contribution in [0.2, 0.25) is 0 Å². The summed E-state index contributed by atoms with van der Waals surface area (Å²) in [5.74, 6) is 0.528. The van der Waals surface area contributed by atoms with E-state index >= 15 is 0 Å². The van der Waals surface area contributed by atoms with E-state index in [0.717, 1.165) is 37.2 Å². The summed E-state index contributed by atoms with van der Waals surface area (Å²) in [6.07, 6.45) is 3.58. The molecule has 0 aliphatic carbocycles. The third kappa shape index (κ3) is 1.87. The van der Waals surface area contributed by atoms with E-state index in [1.807, 2.05) is 6.92 Å². The van der Waals surface area contributed by atoms with E-state index in [9.17, 15) is 10.2 Å². The Hall–Kier alpha value is -1.38. The third-order valence-corrected chi connectivity index (χ3v) is 3.05. The Morgan fingerprint density at radius 3 is 2.27 bits per heavy atom. The number of hydrogen-bond acceptors (Lipinski definition) is 3. The molecular formula is C12H17NO2. The Morgan fingerprint density at radius 2 is 1.60 bits per heavy atom. The Kier molecular flexibility index (Phi) is 2.71. The standard InChI is InChI=1S/C12H17NO2/c1-9-10(14)5-6-11(15)12(9)13-7-3-2-4-8-13/h5-6,14-15H,2-4,7-8H2,1H3. The van der Waals surface area contributed by atoms with Gasteiger partial charge in [0, 0.05) is 18.7 Å². The van der Waals surface area contributed by atoms with Crippen LogP contribution in [0, 0.1) is 6.92 Å². The van der Waals surface area contributed by atoms with Gasteiger partial charge < -0.3 is 15.1 Å². The number of nitrogens with zero attached hydrogens (tertiary/aromatic N) is 1. The van der Waals surface area contributed by atoms with Gasteiger partial charge in [-0.2, -0.15) is 0 Å². The van der Waals surface area contributed by atoms with Gasteiger partial charge in [-0.25, -0.2) is 0 Å². The van der Waals surface area contributed by atoms with Gasteiger partial charge in [0.05, 0.1) is 5.69 Å². The van der Waals surface area contributed by atoms with E-state index in [2.05, 4.69) is 4.90 Å². The van der Waals surface area contributed by atoms with E-state index in [-0.39, 0.29) is 11.5 Å². The number of rotatable bonds is 1. The lowest BCUT2D eigenvalue weighted by atomic mass is 10.1. The highest BCUT2D eigenvalue weighted by molar-refractivity contribution is 5.66. The zero-order valence-corrected chi connectivity index (χ0v) is 9.03. The molecule has 1 saturated heterocycles. The summed E-state index contributed by atoms with van der Waals surface area (Å²) in [4.78, 5) is 2.16. The Balaban J connectivity index is 2.36. The van der Waals surface area contributed by atoms with Crippen molar-refractivity contribution in [3.05, 3.63) is 17.7 Å². The van der Waals surface area contributed by atoms with E-state index in [1.165, 1.54) is 12.5 Å². The predicted octanol–water partition coefficient (Wildman–Crippen LogP) is 2.40. The molecule has 0 bridgehead atoms. The maximum atomic E-state index is 9.82. The summed E-state index contributed by atoms with van der Waals surface area (Å²) < 4.78 is 0. The zero-order chi connectivity index (χ0) is 10.8. The number of hydrogen-bond donors (Lipinski definition) is 2. The maximum absolute atomic E-state index is 9.82. The molecule has 2 rings (SSSR count). The molecule has 0 saturated carbocycles. The van der Waals surface area contributed by atoms with Crippen molar-refractivity contribution in [2.24, 2.45) is 0 Å². The molecule has 3 nitrogen and oxygen atoms in total. The maximum Gasteiger partial charge on any atom is 0.139 e. The number of phenols is 2. The summed E-state index contributed by atoms with van der Waals surface area (Å²) in [7, 11) is 0. The van der Waals surface area contributed by atoms with Crippen LogP contribution in [0.25, 0.3) is 0 Å². The molecule has 3 heteroatoms. The van der Waals surface area contributed by atoms with Crippen molar-refractivity contribution < 1.29 is 10.2 Å². The minimum Gasteiger partial charge on any atom is -0.508 e. The minimum atomic E-state index is 0.258. The third-order valence-electron chi connectivity index (χ3n) is 3.05. The molecule has 0 unspecified atom stereocenters. The number of benzene rings is 1. The summed E-state index contributed by atoms with van der Waals surface area (Å²) in [6.45, 7) is 3.79. The smallest absolute Gasteiger partial charge is 0.139 e. The summed E-state index contributed by atoms with van der Waals surface area (Å²) >= 11 is 0. The quantitative estimate of drug-likeness (QED) is 0.695. The molecule has 0 atom stereocenters. The van der Waals surface area contributed by atoms with Crippen LogP contribution in [-0.4, -0.2) is 23.3 Å². The van der Waals surface area contributed by atoms with Crippen LogP contribution in [0.5, 0.6) is 11.5 Å². The minimum absolute atomic E-state index is 0.258. The molecule has 1 fully saturated rings. The SMILES string of the molecule is Cc1c(O)ccc(O)c1N1CCCCC1. The second-order valence-electron chi connectivity index (χ2n) is 4.13. The van der Waals surface area contributed by atoms with Gasteiger partial charge in [0.1, 0.15) is 11.5 Å². The van der Waals surface area contributed by atoms with Crippen molar-refractivity contribution in [3.8, 4) is 11.5 Å². The number of anilines is 1. The first-order valence-electron chi connectivity index (χ1n) is 5.46. The van der Waals surface area contributed by atoms with Gasteiger partial charge in [0.25, 0.3) is 0 Å². The largest absolute Gasteiger partial charge is 0.508 e. The molecule has 82 valence electrons. The molecule has 0 aromatic heterocycles. The normalized spacial score (nSPS) is 16.7. The monoisotopic (exact) mass is 207 g/mol. The summed E-state index contributed by atoms with van der Waals surface area (Å²) in [5.41, 5.74) is 1.58. The van der Waals surface area contributed by atoms with Crippen LogP contribution in [-0.2, 0) is 0 Å². The highest BCUT2D eigenvalue weighted by Gasteiger charge is 2.18. The van der Waals surface area contributed by atoms with Crippen LogP contribution < -0.4 is 4.90 Å². The van der Waals surface area contributed by atoms with Gasteiger partial charge in [-0.05, 0) is 38.3 Å². The average molecular weight is 207 g/mol. The second-order valence-corrected chi connectivity index (χ2v) is 4.13. The van der Waals surface area contributed by atoms with Crippen molar-refractivity contribution >= 4 is 5.69 Å². The van der Waals surface area contributed by atoms with Gasteiger partial charge in [0.2, 0.25) is 0 Å². The molecule has 1 aromatic carbocycles. The van der Waals surface area contributed by atoms with Gasteiger partial charge in [-0.15, -0.1) is 0 Å². The van der Waals surface area contributed by atoms with Gasteiger partial charge in [-0.3, -0.25) is 0 Å². The van der Waals surface area contributed by atoms with Crippen LogP contribution in [0.4, 0.5) is 5.69 Å². The van der Waals surface area contributed by atoms with Gasteiger partial charge in [0.15, 0.2) is 0 Å². The van der Waals surface area contributed by atoms with E-state index in [4.69, 9.17) is 0 Å². The molecule has 0 spiro atoms. The fourth-order valence-corrected chi connectivity index (χ4v) is 2.19. The lowest BCUT2D eigenvalue weighted by molar-refractivity contribution is 0.452. The Labute approximate surface area is 90.0 Å². The van der Waals surface area contributed by atoms with Crippen molar-refractivity contribution in [3.63, 3.8) is 0 Å². The molecule has 1 aromatic rings. The second kappa shape index (κ2) is 4.01. The number of phenolic OH excluding ortho intramolecular Hbond substituents is 2. The highest BCUT2D eigenvalue weighted by atomic mass is 16.3. The highest BCUT2D eigenvalue weighted by Crippen LogP contribution is 2.37. The Bertz CT molecular complexity index is 357. The fourth-order valence-electron chi connectivity index (χ4n) is 2.19. The zero-order valence-electron chi connectivity index (χ0n) is 9.03. The summed E-state index contributed by atoms with van der Waals surface area (Å²) in [5, 5.41) is 19.4. The molecule has 2 N–H and O–H groups in total. The molecular weight excluding hydrogens is 190 g/mol. The number of aromatic hydroxyl groups is 2. The molecule has 15 heavy (non-hydrogen) atoms. The predicted molar refractivity (Wildman–Crippen MR) is 60.6 cm³/mol. The van der Waals surface area contributed by atoms with Crippen molar-refractivity contribution in [1.82, 2.24) is 0 Å². The van der Waals surface area contributed by atoms with Gasteiger partial charge >= 0.3 is 0 Å². The van der Waals surface area contributed by atoms with Crippen molar-refractivity contribution in [2.75, 3.05) is 18.0 Å². The Morgan fingerprint density at radius 1 is 1.00 bits per heavy atom. The van der Waals surface area contributed by atoms with Crippen LogP contribution in [0.3, 0.4) is 0 Å². The first-order valence-corrected chi connectivity index (χ1v) is 5.46. The lowest BCUT2D eigenvalue weighted by Gasteiger charge is -2.30. The fraction of sp³-hybridized carbons (Fsp3) is 0.500. The van der Waals surface area contributed by atoms with Crippen LogP contribution in [0.15, 0.2) is 12.1 Å². The molecule has 1 aliphatic heterocycles. The van der Waals surface area contributed by atoms with E-state index < -0.39 is 0 Å². The van der Waals surface area contributed by atoms with Crippen LogP contribution >= 0.6 is 0 Å². The summed E-state index contributed by atoms with van der Waals surface area (Å²) in [6, 6.07) is 3.10. The average Bonchev–Trinajstić information content (AvgIpc) is 2.26. The van der Waals surface area contributed by atoms with Crippen molar-refractivity contribution in [1.29, 1.82) is 0 Å². The van der Waals surface area contributed by atoms with Gasteiger partial charge in [-0.1, -0.05) is 0 Å². The van der Waals surface area contributed by atoms with E-state index in [1.54, 1.807) is 6.07 Å². The molecule has 0 amide bonds. The lowest BCUT2D eigenvalue weighted by Crippen LogP contribution is -2.30. The molecule has 1 aliphatic rings. The number of piperidine rings is 1. The van der Waals surface area contributed by atoms with Crippen LogP contribution in [0.1, 0.15) is 24.8 Å². The topological polar surface area (TPSA) is 43.7 Å². The first kappa shape index (κ1) is 10.1. The molecule has 1 heterocycles. The van der Waals surface area contributed by atoms with Crippen molar-refractivity contribution in [2.45, 2.75) is 26.2 Å². The van der Waals surface area contributed by atoms with E-state index in [0.29, 0.717) is 0 Å².